The zero-order valence-electron chi connectivity index (χ0n) is 28.6. The van der Waals surface area contributed by atoms with E-state index in [0.717, 1.165) is 52.4 Å². The topological polar surface area (TPSA) is 29.5 Å². The van der Waals surface area contributed by atoms with Crippen LogP contribution >= 0.6 is 0 Å². The number of furan rings is 2. The number of nitrogens with zero attached hydrogens (tertiary/aromatic N) is 1. The lowest BCUT2D eigenvalue weighted by molar-refractivity contribution is 0.595. The molecule has 3 nitrogen and oxygen atoms in total. The quantitative estimate of drug-likeness (QED) is 0.151. The van der Waals surface area contributed by atoms with Crippen molar-refractivity contribution in [2.24, 2.45) is 0 Å². The molecule has 2 heterocycles. The minimum atomic E-state index is -0.494. The first-order chi connectivity index (χ1) is 25.7. The summed E-state index contributed by atoms with van der Waals surface area (Å²) < 4.78 is 12.7. The Morgan fingerprint density at radius 1 is 0.654 bits per heavy atom. The molecule has 0 unspecified atom stereocenters. The Balaban J connectivity index is 1.13. The number of hydrogen-bond donors (Lipinski definition) is 0. The van der Waals surface area contributed by atoms with Crippen LogP contribution in [0.15, 0.2) is 191 Å². The maximum absolute atomic E-state index is 6.42. The fourth-order valence-electron chi connectivity index (χ4n) is 8.47. The van der Waals surface area contributed by atoms with E-state index < -0.39 is 5.41 Å². The molecule has 0 spiro atoms. The minimum absolute atomic E-state index is 0.494. The lowest BCUT2D eigenvalue weighted by Gasteiger charge is -2.30. The maximum Gasteiger partial charge on any atom is 0.137 e. The van der Waals surface area contributed by atoms with Crippen molar-refractivity contribution in [1.29, 1.82) is 0 Å². The van der Waals surface area contributed by atoms with Gasteiger partial charge in [-0.05, 0) is 95.3 Å². The van der Waals surface area contributed by atoms with Crippen LogP contribution in [0.1, 0.15) is 34.4 Å². The van der Waals surface area contributed by atoms with Gasteiger partial charge in [-0.2, -0.15) is 0 Å². The van der Waals surface area contributed by atoms with Crippen LogP contribution in [0, 0.1) is 0 Å². The second-order valence-corrected chi connectivity index (χ2v) is 13.6. The summed E-state index contributed by atoms with van der Waals surface area (Å²) in [5, 5.41) is 3.57. The summed E-state index contributed by atoms with van der Waals surface area (Å²) in [6.45, 7) is 4.34. The standard InChI is InChI=1S/C49H35NO2/c1-2-36(18-13-31-49(35-16-7-4-8-17-35)41-20-11-23-44-47(41)48-42(49)21-12-24-45(48)52-44)50(37-27-25-34(26-28-37)33-14-5-3-6-15-33)38-29-30-40-39-19-9-10-22-43(39)51-46(40)32-38/h2-8,10-18,20-32H,1,9,19H2/b31-13+,36-18+. The summed E-state index contributed by atoms with van der Waals surface area (Å²) in [6, 6.07) is 49.5. The highest BCUT2D eigenvalue weighted by Gasteiger charge is 2.42. The monoisotopic (exact) mass is 669 g/mol. The highest BCUT2D eigenvalue weighted by molar-refractivity contribution is 6.14. The van der Waals surface area contributed by atoms with E-state index >= 15 is 0 Å². The number of allylic oxidation sites excluding steroid dienone is 5. The molecule has 10 rings (SSSR count). The van der Waals surface area contributed by atoms with Gasteiger partial charge in [-0.1, -0.05) is 122 Å². The molecule has 6 aromatic carbocycles. The first kappa shape index (κ1) is 30.3. The van der Waals surface area contributed by atoms with E-state index in [1.165, 1.54) is 49.5 Å². The number of fused-ring (bicyclic) bond motifs is 3. The van der Waals surface area contributed by atoms with Crippen LogP contribution in [0.2, 0.25) is 0 Å². The third-order valence-corrected chi connectivity index (χ3v) is 10.8. The second kappa shape index (κ2) is 12.0. The zero-order chi connectivity index (χ0) is 34.6. The number of benzene rings is 6. The molecule has 2 aromatic heterocycles. The van der Waals surface area contributed by atoms with Gasteiger partial charge in [0.1, 0.15) is 22.5 Å². The van der Waals surface area contributed by atoms with E-state index in [4.69, 9.17) is 8.83 Å². The lowest BCUT2D eigenvalue weighted by atomic mass is 9.71. The Kier molecular flexibility index (Phi) is 7.00. The van der Waals surface area contributed by atoms with Crippen molar-refractivity contribution >= 4 is 50.4 Å². The van der Waals surface area contributed by atoms with Crippen molar-refractivity contribution in [2.75, 3.05) is 4.90 Å². The number of anilines is 2. The van der Waals surface area contributed by atoms with E-state index in [9.17, 15) is 0 Å². The average molecular weight is 670 g/mol. The zero-order valence-corrected chi connectivity index (χ0v) is 28.6. The molecule has 0 saturated heterocycles. The summed E-state index contributed by atoms with van der Waals surface area (Å²) in [5.41, 5.74) is 12.5. The maximum atomic E-state index is 6.42. The van der Waals surface area contributed by atoms with Crippen LogP contribution in [0.3, 0.4) is 0 Å². The average Bonchev–Trinajstić information content (AvgIpc) is 3.87. The lowest BCUT2D eigenvalue weighted by Crippen LogP contribution is -2.24. The van der Waals surface area contributed by atoms with Gasteiger partial charge in [0.05, 0.1) is 5.41 Å². The molecule has 8 aromatic rings. The van der Waals surface area contributed by atoms with Crippen LogP contribution in [0.5, 0.6) is 0 Å². The molecule has 2 aliphatic carbocycles. The van der Waals surface area contributed by atoms with Crippen molar-refractivity contribution in [3.8, 4) is 11.1 Å². The van der Waals surface area contributed by atoms with E-state index in [2.05, 4.69) is 181 Å². The summed E-state index contributed by atoms with van der Waals surface area (Å²) >= 11 is 0. The third kappa shape index (κ3) is 4.59. The van der Waals surface area contributed by atoms with Crippen molar-refractivity contribution in [1.82, 2.24) is 0 Å². The molecule has 0 atom stereocenters. The highest BCUT2D eigenvalue weighted by Crippen LogP contribution is 2.54. The van der Waals surface area contributed by atoms with Crippen molar-refractivity contribution in [2.45, 2.75) is 18.3 Å². The molecule has 0 N–H and O–H groups in total. The van der Waals surface area contributed by atoms with Crippen LogP contribution in [0.4, 0.5) is 11.4 Å². The fraction of sp³-hybridized carbons (Fsp3) is 0.0612. The summed E-state index contributed by atoms with van der Waals surface area (Å²) in [4.78, 5) is 2.27. The van der Waals surface area contributed by atoms with E-state index in [0.29, 0.717) is 0 Å². The number of rotatable bonds is 8. The Labute approximate surface area is 302 Å². The first-order valence-corrected chi connectivity index (χ1v) is 17.9. The Bertz CT molecular complexity index is 2680. The van der Waals surface area contributed by atoms with Gasteiger partial charge < -0.3 is 13.7 Å². The largest absolute Gasteiger partial charge is 0.456 e. The van der Waals surface area contributed by atoms with Gasteiger partial charge in [0.15, 0.2) is 0 Å². The van der Waals surface area contributed by atoms with Crippen LogP contribution in [-0.2, 0) is 11.8 Å². The van der Waals surface area contributed by atoms with Gasteiger partial charge in [0.2, 0.25) is 0 Å². The molecule has 2 aliphatic rings. The molecule has 0 fully saturated rings. The molecular formula is C49H35NO2. The van der Waals surface area contributed by atoms with E-state index in [-0.39, 0.29) is 0 Å². The van der Waals surface area contributed by atoms with Gasteiger partial charge >= 0.3 is 0 Å². The molecule has 52 heavy (non-hydrogen) atoms. The molecule has 0 bridgehead atoms. The van der Waals surface area contributed by atoms with Crippen LogP contribution < -0.4 is 4.90 Å². The van der Waals surface area contributed by atoms with Gasteiger partial charge in [0, 0.05) is 44.9 Å². The van der Waals surface area contributed by atoms with Gasteiger partial charge in [-0.3, -0.25) is 0 Å². The van der Waals surface area contributed by atoms with E-state index in [1.807, 2.05) is 6.08 Å². The number of hydrogen-bond acceptors (Lipinski definition) is 3. The molecule has 0 saturated carbocycles. The normalized spacial score (nSPS) is 14.6. The smallest absolute Gasteiger partial charge is 0.137 e. The van der Waals surface area contributed by atoms with Gasteiger partial charge in [0.25, 0.3) is 0 Å². The fourth-order valence-corrected chi connectivity index (χ4v) is 8.47. The first-order valence-electron chi connectivity index (χ1n) is 17.9. The molecule has 3 heteroatoms. The van der Waals surface area contributed by atoms with Crippen molar-refractivity contribution in [3.63, 3.8) is 0 Å². The SMILES string of the molecule is C=C/C(=C\C=C\C1(c2ccccc2)c2cccc3oc4cccc1c4c23)N(c1ccc(-c2ccccc2)cc1)c1ccc2c3c(oc2c1)C=CCC3. The molecular weight excluding hydrogens is 635 g/mol. The Hall–Kier alpha value is -6.58. The second-order valence-electron chi connectivity index (χ2n) is 13.6. The van der Waals surface area contributed by atoms with Crippen molar-refractivity contribution < 1.29 is 8.83 Å². The van der Waals surface area contributed by atoms with Gasteiger partial charge in [-0.25, -0.2) is 0 Å². The minimum Gasteiger partial charge on any atom is -0.456 e. The molecule has 0 aliphatic heterocycles. The summed E-state index contributed by atoms with van der Waals surface area (Å²) in [5.74, 6) is 0.966. The Morgan fingerprint density at radius 2 is 1.33 bits per heavy atom. The highest BCUT2D eigenvalue weighted by atomic mass is 16.3. The molecule has 0 amide bonds. The van der Waals surface area contributed by atoms with Crippen LogP contribution in [0.25, 0.3) is 50.1 Å². The summed E-state index contributed by atoms with van der Waals surface area (Å²) in [6.07, 6.45) is 15.0. The van der Waals surface area contributed by atoms with Gasteiger partial charge in [-0.15, -0.1) is 0 Å². The third-order valence-electron chi connectivity index (χ3n) is 10.8. The molecule has 0 radical (unpaired) electrons. The molecule has 248 valence electrons. The Morgan fingerprint density at radius 3 is 2.04 bits per heavy atom. The predicted octanol–water partition coefficient (Wildman–Crippen LogP) is 13.1. The van der Waals surface area contributed by atoms with Crippen LogP contribution in [-0.4, -0.2) is 0 Å². The van der Waals surface area contributed by atoms with E-state index in [1.54, 1.807) is 0 Å². The predicted molar refractivity (Wildman–Crippen MR) is 215 cm³/mol. The van der Waals surface area contributed by atoms with Crippen molar-refractivity contribution in [3.05, 3.63) is 210 Å². The summed E-state index contributed by atoms with van der Waals surface area (Å²) in [7, 11) is 0. The number of aryl methyl sites for hydroxylation is 1.